The quantitative estimate of drug-likeness (QED) is 0.116. The summed E-state index contributed by atoms with van der Waals surface area (Å²) in [6.45, 7) is 9.32. The Hall–Kier alpha value is -8.70. The van der Waals surface area contributed by atoms with Crippen molar-refractivity contribution >= 4 is 63.0 Å². The van der Waals surface area contributed by atoms with Crippen molar-refractivity contribution in [3.63, 3.8) is 0 Å². The van der Waals surface area contributed by atoms with E-state index in [4.69, 9.17) is 16.2 Å². The summed E-state index contributed by atoms with van der Waals surface area (Å²) < 4.78 is 34.8. The van der Waals surface area contributed by atoms with Crippen LogP contribution in [-0.4, -0.2) is 151 Å². The molecule has 0 bridgehead atoms. The number of piperidine rings is 3. The minimum atomic E-state index is -0.433. The number of nitrogens with zero attached hydrogens (tertiary/aromatic N) is 16. The number of urea groups is 2. The number of carbonyl (C=O) groups excluding carboxylic acids is 2. The molecule has 4 aromatic carbocycles. The van der Waals surface area contributed by atoms with Gasteiger partial charge in [0.2, 0.25) is 11.7 Å². The molecule has 5 saturated heterocycles. The largest absolute Gasteiger partial charge is 0.368 e. The highest BCUT2D eigenvalue weighted by molar-refractivity contribution is 5.91. The molecule has 21 nitrogen and oxygen atoms in total. The van der Waals surface area contributed by atoms with E-state index in [2.05, 4.69) is 89.1 Å². The number of imidazole rings is 1. The fourth-order valence-corrected chi connectivity index (χ4v) is 12.2. The Balaban J connectivity index is 0.000000126. The molecule has 9 aromatic rings. The monoisotopic (exact) mass is 1140 g/mol. The number of anilines is 4. The zero-order valence-corrected chi connectivity index (χ0v) is 47.2. The summed E-state index contributed by atoms with van der Waals surface area (Å²) >= 11 is 0. The Kier molecular flexibility index (Phi) is 17.2. The van der Waals surface area contributed by atoms with E-state index in [9.17, 15) is 18.4 Å². The summed E-state index contributed by atoms with van der Waals surface area (Å²) in [5.41, 5.74) is 12.1. The number of hydrogen-bond donors (Lipinski definition) is 3. The van der Waals surface area contributed by atoms with E-state index in [0.29, 0.717) is 34.1 Å². The van der Waals surface area contributed by atoms with Crippen molar-refractivity contribution in [2.45, 2.75) is 95.8 Å². The molecule has 4 amide bonds. The summed E-state index contributed by atoms with van der Waals surface area (Å²) in [5.74, 6) is 0.823. The highest BCUT2D eigenvalue weighted by Crippen LogP contribution is 2.37. The van der Waals surface area contributed by atoms with E-state index in [-0.39, 0.29) is 41.7 Å². The number of fused-ring (bicyclic) bond motifs is 3. The van der Waals surface area contributed by atoms with Crippen molar-refractivity contribution in [2.24, 2.45) is 0 Å². The topological polar surface area (TPSA) is 218 Å². The number of aromatic nitrogens is 11. The highest BCUT2D eigenvalue weighted by atomic mass is 19.1. The third-order valence-corrected chi connectivity index (χ3v) is 16.5. The zero-order chi connectivity index (χ0) is 57.4. The molecule has 436 valence electrons. The lowest BCUT2D eigenvalue weighted by Gasteiger charge is -2.44. The van der Waals surface area contributed by atoms with Gasteiger partial charge in [0, 0.05) is 100 Å². The minimum absolute atomic E-state index is 0.00547. The number of nitrogens with one attached hydrogen (secondary N) is 2. The molecule has 0 radical (unpaired) electrons. The van der Waals surface area contributed by atoms with Gasteiger partial charge in [-0.1, -0.05) is 47.5 Å². The maximum absolute atomic E-state index is 14.6. The van der Waals surface area contributed by atoms with Gasteiger partial charge in [-0.05, 0) is 143 Å². The number of likely N-dealkylation sites (tertiary alicyclic amines) is 4. The molecule has 5 fully saturated rings. The van der Waals surface area contributed by atoms with Gasteiger partial charge in [0.05, 0.1) is 28.6 Å². The van der Waals surface area contributed by atoms with Gasteiger partial charge in [-0.15, -0.1) is 10.2 Å². The molecular formula is C61H71F2N19O2. The Morgan fingerprint density at radius 1 is 0.512 bits per heavy atom. The van der Waals surface area contributed by atoms with Gasteiger partial charge in [0.1, 0.15) is 40.8 Å². The number of rotatable bonds is 10. The van der Waals surface area contributed by atoms with Crippen LogP contribution in [0.15, 0.2) is 116 Å². The lowest BCUT2D eigenvalue weighted by molar-refractivity contribution is -0.0301. The Labute approximate surface area is 485 Å². The fraction of sp³-hybridized carbons (Fsp3) is 0.410. The standard InChI is InChI=1S/C24H30N8.C22H25FN6O.C15H16FN5O/c1-7-15-29(16-8-1)23(31-21-13-5-3-11-19(21)25-27-31)24(30-17-9-2-10-18-30)32-22-14-6-4-12-20(22)26-28-32;23-18-7-6-16(25-22(30)28-11-4-5-12-28)14-17(18)19-8-13-29-20(15-24-21(29)26-19)27-9-2-1-3-10-27;16-12-4-3-10(19-15(22)21-7-1-2-8-21)9-11(12)13-5-6-18-14(17)20-13/h3-6,11-14,23-24H,1-2,7-10,15-18H2;6-8,13-15H,1-5,9-12H2,(H,25,30);3-6,9H,1-2,7-8H2,(H,19,22)(H2,17,18,20). The van der Waals surface area contributed by atoms with Gasteiger partial charge >= 0.3 is 12.1 Å². The average Bonchev–Trinajstić information content (AvgIpc) is 4.17. The molecule has 2 unspecified atom stereocenters. The smallest absolute Gasteiger partial charge is 0.321 e. The number of nitrogens with two attached hydrogens (primary N) is 1. The van der Waals surface area contributed by atoms with E-state index in [1.807, 2.05) is 41.1 Å². The summed E-state index contributed by atoms with van der Waals surface area (Å²) in [4.78, 5) is 52.3. The Morgan fingerprint density at radius 2 is 0.976 bits per heavy atom. The van der Waals surface area contributed by atoms with E-state index < -0.39 is 5.82 Å². The van der Waals surface area contributed by atoms with Crippen LogP contribution in [0.25, 0.3) is 50.4 Å². The second-order valence-corrected chi connectivity index (χ2v) is 22.2. The number of halogens is 2. The molecule has 10 heterocycles. The van der Waals surface area contributed by atoms with Crippen LogP contribution in [0.5, 0.6) is 0 Å². The predicted molar refractivity (Wildman–Crippen MR) is 320 cm³/mol. The van der Waals surface area contributed by atoms with E-state index >= 15 is 0 Å². The van der Waals surface area contributed by atoms with Gasteiger partial charge in [-0.2, -0.15) is 0 Å². The first-order valence-electron chi connectivity index (χ1n) is 29.7. The first kappa shape index (κ1) is 55.8. The van der Waals surface area contributed by atoms with Gasteiger partial charge in [-0.3, -0.25) is 14.2 Å². The maximum Gasteiger partial charge on any atom is 0.321 e. The lowest BCUT2D eigenvalue weighted by atomic mass is 10.1. The van der Waals surface area contributed by atoms with Gasteiger partial charge in [0.15, 0.2) is 0 Å². The van der Waals surface area contributed by atoms with Crippen molar-refractivity contribution in [1.29, 1.82) is 0 Å². The molecule has 0 aliphatic carbocycles. The Morgan fingerprint density at radius 3 is 1.48 bits per heavy atom. The first-order chi connectivity index (χ1) is 41.2. The number of hydrogen-bond acceptors (Lipinski definition) is 14. The van der Waals surface area contributed by atoms with Gasteiger partial charge < -0.3 is 31.1 Å². The number of amides is 4. The van der Waals surface area contributed by atoms with E-state index in [1.54, 1.807) is 40.1 Å². The predicted octanol–water partition coefficient (Wildman–Crippen LogP) is 10.5. The maximum atomic E-state index is 14.6. The third kappa shape index (κ3) is 12.5. The molecule has 0 saturated carbocycles. The van der Waals surface area contributed by atoms with E-state index in [1.165, 1.54) is 82.2 Å². The van der Waals surface area contributed by atoms with Crippen molar-refractivity contribution in [2.75, 3.05) is 86.7 Å². The summed E-state index contributed by atoms with van der Waals surface area (Å²) in [6.07, 6.45) is 20.4. The van der Waals surface area contributed by atoms with Crippen LogP contribution in [0, 0.1) is 11.6 Å². The second kappa shape index (κ2) is 25.8. The molecule has 5 aromatic heterocycles. The first-order valence-corrected chi connectivity index (χ1v) is 29.7. The normalized spacial score (nSPS) is 17.6. The van der Waals surface area contributed by atoms with Gasteiger partial charge in [0.25, 0.3) is 0 Å². The minimum Gasteiger partial charge on any atom is -0.368 e. The average molecular weight is 1140 g/mol. The summed E-state index contributed by atoms with van der Waals surface area (Å²) in [6, 6.07) is 28.6. The zero-order valence-electron chi connectivity index (χ0n) is 47.2. The molecular weight excluding hydrogens is 1070 g/mol. The van der Waals surface area contributed by atoms with Crippen molar-refractivity contribution in [3.8, 4) is 22.5 Å². The molecule has 4 N–H and O–H groups in total. The van der Waals surface area contributed by atoms with Crippen LogP contribution in [0.1, 0.15) is 95.8 Å². The number of benzene rings is 4. The Bertz CT molecular complexity index is 3610. The summed E-state index contributed by atoms with van der Waals surface area (Å²) in [5, 5.41) is 24.1. The highest BCUT2D eigenvalue weighted by Gasteiger charge is 2.39. The van der Waals surface area contributed by atoms with Crippen molar-refractivity contribution in [1.82, 2.24) is 73.9 Å². The van der Waals surface area contributed by atoms with E-state index in [0.717, 1.165) is 119 Å². The summed E-state index contributed by atoms with van der Waals surface area (Å²) in [7, 11) is 0. The van der Waals surface area contributed by atoms with Gasteiger partial charge in [-0.25, -0.2) is 47.7 Å². The van der Waals surface area contributed by atoms with Crippen LogP contribution >= 0.6 is 0 Å². The molecule has 5 aliphatic rings. The molecule has 5 aliphatic heterocycles. The van der Waals surface area contributed by atoms with Crippen molar-refractivity contribution in [3.05, 3.63) is 127 Å². The lowest BCUT2D eigenvalue weighted by Crippen LogP contribution is -2.49. The number of para-hydroxylation sites is 2. The second-order valence-electron chi connectivity index (χ2n) is 22.2. The fourth-order valence-electron chi connectivity index (χ4n) is 12.2. The number of nitrogen functional groups attached to an aromatic ring is 1. The molecule has 14 rings (SSSR count). The van der Waals surface area contributed by atoms with Crippen molar-refractivity contribution < 1.29 is 18.4 Å². The van der Waals surface area contributed by atoms with Crippen LogP contribution in [0.2, 0.25) is 0 Å². The SMILES string of the molecule is Nc1nccc(-c2cc(NC(=O)N3CCCC3)ccc2F)n1.O=C(Nc1ccc(F)c(-c2ccn3c(N4CCCCC4)cnc3n2)c1)N1CCCC1.c1ccc2c(c1)nnn2C(C(N1CCCCC1)n1nnc2ccccc21)N1CCCCC1. The van der Waals surface area contributed by atoms with Crippen LogP contribution in [0.4, 0.5) is 41.5 Å². The van der Waals surface area contributed by atoms with Crippen LogP contribution < -0.4 is 21.3 Å². The molecule has 2 atom stereocenters. The third-order valence-electron chi connectivity index (χ3n) is 16.5. The molecule has 0 spiro atoms. The number of carbonyl (C=O) groups is 2. The van der Waals surface area contributed by atoms with Crippen LogP contribution in [-0.2, 0) is 0 Å². The van der Waals surface area contributed by atoms with Crippen LogP contribution in [0.3, 0.4) is 0 Å². The molecule has 23 heteroatoms. The molecule has 84 heavy (non-hydrogen) atoms.